The number of hydrogen-bond acceptors (Lipinski definition) is 3. The van der Waals surface area contributed by atoms with E-state index in [1.54, 1.807) is 19.1 Å². The maximum Gasteiger partial charge on any atom is 0.354 e. The van der Waals surface area contributed by atoms with Crippen molar-refractivity contribution in [2.24, 2.45) is 5.73 Å². The molecule has 5 heteroatoms. The van der Waals surface area contributed by atoms with Crippen LogP contribution in [0.1, 0.15) is 23.1 Å². The van der Waals surface area contributed by atoms with Crippen LogP contribution in [0.2, 0.25) is 0 Å². The predicted octanol–water partition coefficient (Wildman–Crippen LogP) is 0.690. The lowest BCUT2D eigenvalue weighted by Gasteiger charge is -1.97. The van der Waals surface area contributed by atoms with Crippen LogP contribution in [0.15, 0.2) is 18.2 Å². The predicted molar refractivity (Wildman–Crippen MR) is 55.0 cm³/mol. The van der Waals surface area contributed by atoms with Crippen molar-refractivity contribution in [1.29, 1.82) is 0 Å². The lowest BCUT2D eigenvalue weighted by molar-refractivity contribution is -0.113. The van der Waals surface area contributed by atoms with Crippen molar-refractivity contribution in [3.05, 3.63) is 29.6 Å². The average Bonchev–Trinajstić information content (AvgIpc) is 2.63. The first kappa shape index (κ1) is 11.0. The molecule has 5 nitrogen and oxygen atoms in total. The van der Waals surface area contributed by atoms with Gasteiger partial charge in [0.05, 0.1) is 6.61 Å². The van der Waals surface area contributed by atoms with E-state index < -0.39 is 11.9 Å². The summed E-state index contributed by atoms with van der Waals surface area (Å²) in [6.45, 7) is 2.05. The van der Waals surface area contributed by atoms with Gasteiger partial charge in [-0.1, -0.05) is 0 Å². The summed E-state index contributed by atoms with van der Waals surface area (Å²) in [6, 6.07) is 3.24. The van der Waals surface area contributed by atoms with Crippen LogP contribution < -0.4 is 5.73 Å². The summed E-state index contributed by atoms with van der Waals surface area (Å²) in [6.07, 6.45) is 2.70. The number of rotatable bonds is 4. The molecule has 0 unspecified atom stereocenters. The second-order valence-electron chi connectivity index (χ2n) is 2.78. The van der Waals surface area contributed by atoms with Gasteiger partial charge in [-0.2, -0.15) is 0 Å². The average molecular weight is 208 g/mol. The van der Waals surface area contributed by atoms with E-state index in [1.807, 2.05) is 0 Å². The Bertz CT molecular complexity index is 393. The molecule has 0 fully saturated rings. The third kappa shape index (κ3) is 3.30. The molecule has 1 aromatic heterocycles. The van der Waals surface area contributed by atoms with E-state index in [2.05, 4.69) is 4.98 Å². The number of nitrogens with one attached hydrogen (secondary N) is 1. The molecule has 0 bridgehead atoms. The van der Waals surface area contributed by atoms with Crippen LogP contribution >= 0.6 is 0 Å². The lowest BCUT2D eigenvalue weighted by Crippen LogP contribution is -2.05. The summed E-state index contributed by atoms with van der Waals surface area (Å²) in [7, 11) is 0. The number of hydrogen-bond donors (Lipinski definition) is 2. The highest BCUT2D eigenvalue weighted by Crippen LogP contribution is 2.05. The van der Waals surface area contributed by atoms with Crippen molar-refractivity contribution >= 4 is 18.0 Å². The van der Waals surface area contributed by atoms with Crippen LogP contribution in [-0.2, 0) is 9.53 Å². The molecule has 0 aromatic carbocycles. The molecule has 0 spiro atoms. The second kappa shape index (κ2) is 4.99. The van der Waals surface area contributed by atoms with E-state index in [9.17, 15) is 9.59 Å². The van der Waals surface area contributed by atoms with Gasteiger partial charge in [0.1, 0.15) is 5.69 Å². The number of carbonyl (C=O) groups excluding carboxylic acids is 2. The molecule has 0 aliphatic heterocycles. The molecule has 0 atom stereocenters. The highest BCUT2D eigenvalue weighted by molar-refractivity contribution is 5.91. The fourth-order valence-corrected chi connectivity index (χ4v) is 1.01. The van der Waals surface area contributed by atoms with E-state index in [0.717, 1.165) is 0 Å². The number of primary amides is 1. The van der Waals surface area contributed by atoms with Gasteiger partial charge in [-0.3, -0.25) is 4.79 Å². The van der Waals surface area contributed by atoms with E-state index in [1.165, 1.54) is 12.2 Å². The SMILES string of the molecule is CCOC(=O)c1ccc(C=CC(N)=O)[nH]1. The summed E-state index contributed by atoms with van der Waals surface area (Å²) in [5.74, 6) is -0.960. The van der Waals surface area contributed by atoms with E-state index in [4.69, 9.17) is 10.5 Å². The summed E-state index contributed by atoms with van der Waals surface area (Å²) in [5, 5.41) is 0. The van der Waals surface area contributed by atoms with E-state index >= 15 is 0 Å². The number of carbonyl (C=O) groups is 2. The first-order valence-electron chi connectivity index (χ1n) is 4.47. The van der Waals surface area contributed by atoms with Gasteiger partial charge < -0.3 is 15.5 Å². The summed E-state index contributed by atoms with van der Waals surface area (Å²) >= 11 is 0. The first-order valence-corrected chi connectivity index (χ1v) is 4.47. The largest absolute Gasteiger partial charge is 0.461 e. The van der Waals surface area contributed by atoms with Crippen molar-refractivity contribution in [2.75, 3.05) is 6.61 Å². The molecular formula is C10H12N2O3. The Balaban J connectivity index is 2.72. The highest BCUT2D eigenvalue weighted by atomic mass is 16.5. The Morgan fingerprint density at radius 1 is 1.53 bits per heavy atom. The first-order chi connectivity index (χ1) is 7.13. The molecule has 1 heterocycles. The molecule has 0 saturated heterocycles. The quantitative estimate of drug-likeness (QED) is 0.564. The number of amides is 1. The van der Waals surface area contributed by atoms with Gasteiger partial charge >= 0.3 is 5.97 Å². The topological polar surface area (TPSA) is 85.2 Å². The number of H-pyrrole nitrogens is 1. The molecule has 0 saturated carbocycles. The Morgan fingerprint density at radius 3 is 2.87 bits per heavy atom. The van der Waals surface area contributed by atoms with E-state index in [0.29, 0.717) is 18.0 Å². The molecule has 0 aliphatic carbocycles. The van der Waals surface area contributed by atoms with Gasteiger partial charge in [-0.15, -0.1) is 0 Å². The Kier molecular flexibility index (Phi) is 3.68. The third-order valence-corrected chi connectivity index (χ3v) is 1.63. The third-order valence-electron chi connectivity index (χ3n) is 1.63. The maximum atomic E-state index is 11.2. The summed E-state index contributed by atoms with van der Waals surface area (Å²) in [5.41, 5.74) is 5.89. The van der Waals surface area contributed by atoms with Gasteiger partial charge in [0.15, 0.2) is 0 Å². The minimum absolute atomic E-state index is 0.324. The number of ether oxygens (including phenoxy) is 1. The van der Waals surface area contributed by atoms with Crippen molar-refractivity contribution < 1.29 is 14.3 Å². The van der Waals surface area contributed by atoms with Crippen LogP contribution in [0, 0.1) is 0 Å². The normalized spacial score (nSPS) is 10.5. The van der Waals surface area contributed by atoms with Gasteiger partial charge in [0, 0.05) is 11.8 Å². The zero-order valence-electron chi connectivity index (χ0n) is 8.32. The fraction of sp³-hybridized carbons (Fsp3) is 0.200. The van der Waals surface area contributed by atoms with Crippen LogP contribution in [0.5, 0.6) is 0 Å². The Hall–Kier alpha value is -2.04. The van der Waals surface area contributed by atoms with Gasteiger partial charge in [0.2, 0.25) is 5.91 Å². The van der Waals surface area contributed by atoms with Crippen molar-refractivity contribution in [3.8, 4) is 0 Å². The monoisotopic (exact) mass is 208 g/mol. The Morgan fingerprint density at radius 2 is 2.27 bits per heavy atom. The van der Waals surface area contributed by atoms with Crippen LogP contribution in [0.3, 0.4) is 0 Å². The highest BCUT2D eigenvalue weighted by Gasteiger charge is 2.07. The second-order valence-corrected chi connectivity index (χ2v) is 2.78. The molecule has 1 amide bonds. The number of aromatic amines is 1. The van der Waals surface area contributed by atoms with Crippen LogP contribution in [0.4, 0.5) is 0 Å². The standard InChI is InChI=1S/C10H12N2O3/c1-2-15-10(14)8-5-3-7(12-8)4-6-9(11)13/h3-6,12H,2H2,1H3,(H2,11,13). The zero-order chi connectivity index (χ0) is 11.3. The number of esters is 1. The molecule has 0 aliphatic rings. The number of aromatic nitrogens is 1. The Labute approximate surface area is 86.9 Å². The van der Waals surface area contributed by atoms with Crippen LogP contribution in [0.25, 0.3) is 6.08 Å². The van der Waals surface area contributed by atoms with Gasteiger partial charge in [-0.25, -0.2) is 4.79 Å². The molecule has 1 rings (SSSR count). The molecule has 1 aromatic rings. The molecule has 80 valence electrons. The lowest BCUT2D eigenvalue weighted by atomic mass is 10.4. The fourth-order valence-electron chi connectivity index (χ4n) is 1.01. The number of nitrogens with two attached hydrogens (primary N) is 1. The summed E-state index contributed by atoms with van der Waals surface area (Å²) < 4.78 is 4.78. The van der Waals surface area contributed by atoms with Gasteiger partial charge in [0.25, 0.3) is 0 Å². The van der Waals surface area contributed by atoms with Crippen LogP contribution in [-0.4, -0.2) is 23.5 Å². The molecule has 3 N–H and O–H groups in total. The van der Waals surface area contributed by atoms with E-state index in [-0.39, 0.29) is 0 Å². The maximum absolute atomic E-state index is 11.2. The molecular weight excluding hydrogens is 196 g/mol. The van der Waals surface area contributed by atoms with Crippen molar-refractivity contribution in [1.82, 2.24) is 4.98 Å². The van der Waals surface area contributed by atoms with Crippen molar-refractivity contribution in [3.63, 3.8) is 0 Å². The minimum Gasteiger partial charge on any atom is -0.461 e. The van der Waals surface area contributed by atoms with Crippen molar-refractivity contribution in [2.45, 2.75) is 6.92 Å². The smallest absolute Gasteiger partial charge is 0.354 e. The molecule has 0 radical (unpaired) electrons. The van der Waals surface area contributed by atoms with Gasteiger partial charge in [-0.05, 0) is 25.1 Å². The summed E-state index contributed by atoms with van der Waals surface area (Å²) in [4.78, 5) is 24.5. The minimum atomic E-state index is -0.540. The zero-order valence-corrected chi connectivity index (χ0v) is 8.32. The molecule has 15 heavy (non-hydrogen) atoms.